The number of rotatable bonds is 1. The third kappa shape index (κ3) is 2.03. The number of imidazole rings is 1. The zero-order valence-electron chi connectivity index (χ0n) is 11.4. The molecule has 0 aliphatic carbocycles. The summed E-state index contributed by atoms with van der Waals surface area (Å²) < 4.78 is 3.17. The van der Waals surface area contributed by atoms with Crippen LogP contribution in [-0.2, 0) is 0 Å². The van der Waals surface area contributed by atoms with E-state index in [2.05, 4.69) is 48.7 Å². The molecule has 0 spiro atoms. The number of aromatic nitrogens is 3. The van der Waals surface area contributed by atoms with Gasteiger partial charge in [-0.05, 0) is 43.3 Å². The summed E-state index contributed by atoms with van der Waals surface area (Å²) >= 11 is 3.55. The van der Waals surface area contributed by atoms with Gasteiger partial charge in [0.2, 0.25) is 0 Å². The minimum absolute atomic E-state index is 0.992. The molecule has 102 valence electrons. The van der Waals surface area contributed by atoms with Crippen LogP contribution in [0.5, 0.6) is 0 Å². The van der Waals surface area contributed by atoms with E-state index in [-0.39, 0.29) is 0 Å². The quantitative estimate of drug-likeness (QED) is 0.506. The highest BCUT2D eigenvalue weighted by molar-refractivity contribution is 9.10. The minimum Gasteiger partial charge on any atom is -0.298 e. The van der Waals surface area contributed by atoms with Crippen molar-refractivity contribution in [2.45, 2.75) is 6.92 Å². The zero-order chi connectivity index (χ0) is 14.4. The lowest BCUT2D eigenvalue weighted by molar-refractivity contribution is 1.09. The third-order valence-electron chi connectivity index (χ3n) is 3.59. The number of benzene rings is 2. The van der Waals surface area contributed by atoms with Gasteiger partial charge in [-0.15, -0.1) is 0 Å². The summed E-state index contributed by atoms with van der Waals surface area (Å²) in [6.45, 7) is 2.02. The highest BCUT2D eigenvalue weighted by Crippen LogP contribution is 2.27. The van der Waals surface area contributed by atoms with Crippen LogP contribution in [0.1, 0.15) is 5.69 Å². The summed E-state index contributed by atoms with van der Waals surface area (Å²) in [7, 11) is 0. The smallest absolute Gasteiger partial charge is 0.100 e. The zero-order valence-corrected chi connectivity index (χ0v) is 13.0. The Kier molecular flexibility index (Phi) is 2.79. The van der Waals surface area contributed by atoms with E-state index in [1.54, 1.807) is 0 Å². The van der Waals surface area contributed by atoms with E-state index in [1.165, 1.54) is 0 Å². The van der Waals surface area contributed by atoms with E-state index >= 15 is 0 Å². The molecule has 4 heteroatoms. The molecular formula is C17H12BrN3. The lowest BCUT2D eigenvalue weighted by Crippen LogP contribution is -1.96. The molecule has 0 N–H and O–H groups in total. The first-order valence-electron chi connectivity index (χ1n) is 6.72. The van der Waals surface area contributed by atoms with Crippen LogP contribution >= 0.6 is 15.9 Å². The van der Waals surface area contributed by atoms with Crippen LogP contribution < -0.4 is 0 Å². The molecule has 0 aliphatic rings. The predicted octanol–water partition coefficient (Wildman–Crippen LogP) is 4.64. The van der Waals surface area contributed by atoms with Gasteiger partial charge in [0.25, 0.3) is 0 Å². The summed E-state index contributed by atoms with van der Waals surface area (Å²) in [5.41, 5.74) is 5.19. The second-order valence-corrected chi connectivity index (χ2v) is 5.96. The van der Waals surface area contributed by atoms with E-state index < -0.39 is 0 Å². The van der Waals surface area contributed by atoms with Gasteiger partial charge in [0.15, 0.2) is 0 Å². The number of para-hydroxylation sites is 2. The molecule has 0 aliphatic heterocycles. The fourth-order valence-electron chi connectivity index (χ4n) is 2.66. The van der Waals surface area contributed by atoms with Crippen LogP contribution in [0.2, 0.25) is 0 Å². The Morgan fingerprint density at radius 3 is 2.76 bits per heavy atom. The van der Waals surface area contributed by atoms with Gasteiger partial charge < -0.3 is 0 Å². The summed E-state index contributed by atoms with van der Waals surface area (Å²) in [6, 6.07) is 16.4. The number of nitrogens with zero attached hydrogens (tertiary/aromatic N) is 3. The average molecular weight is 338 g/mol. The molecule has 0 unspecified atom stereocenters. The Morgan fingerprint density at radius 2 is 1.86 bits per heavy atom. The number of aryl methyl sites for hydroxylation is 1. The van der Waals surface area contributed by atoms with Crippen LogP contribution in [0.4, 0.5) is 0 Å². The van der Waals surface area contributed by atoms with Crippen molar-refractivity contribution in [3.63, 3.8) is 0 Å². The van der Waals surface area contributed by atoms with Crippen molar-refractivity contribution in [1.82, 2.24) is 14.5 Å². The number of hydrogen-bond donors (Lipinski definition) is 0. The van der Waals surface area contributed by atoms with E-state index in [0.29, 0.717) is 0 Å². The molecule has 0 amide bonds. The van der Waals surface area contributed by atoms with Gasteiger partial charge in [-0.2, -0.15) is 0 Å². The highest BCUT2D eigenvalue weighted by atomic mass is 79.9. The summed E-state index contributed by atoms with van der Waals surface area (Å²) in [4.78, 5) is 9.10. The maximum Gasteiger partial charge on any atom is 0.100 e. The maximum atomic E-state index is 4.61. The van der Waals surface area contributed by atoms with E-state index in [9.17, 15) is 0 Å². The van der Waals surface area contributed by atoms with E-state index in [0.717, 1.165) is 37.8 Å². The van der Waals surface area contributed by atoms with Crippen molar-refractivity contribution in [3.8, 4) is 5.69 Å². The van der Waals surface area contributed by atoms with Gasteiger partial charge in [0.1, 0.15) is 6.33 Å². The SMILES string of the molecule is Cc1cc(-n2cnc3ccccc32)c2cc(Br)ccc2n1. The first-order valence-corrected chi connectivity index (χ1v) is 7.51. The van der Waals surface area contributed by atoms with Crippen LogP contribution in [0.25, 0.3) is 27.6 Å². The molecule has 3 nitrogen and oxygen atoms in total. The van der Waals surface area contributed by atoms with E-state index in [4.69, 9.17) is 0 Å². The lowest BCUT2D eigenvalue weighted by Gasteiger charge is -2.10. The topological polar surface area (TPSA) is 30.7 Å². The average Bonchev–Trinajstić information content (AvgIpc) is 2.91. The van der Waals surface area contributed by atoms with Crippen LogP contribution in [0.15, 0.2) is 59.3 Å². The molecule has 0 fully saturated rings. The molecular weight excluding hydrogens is 326 g/mol. The molecule has 4 rings (SSSR count). The second kappa shape index (κ2) is 4.67. The van der Waals surface area contributed by atoms with Gasteiger partial charge in [-0.1, -0.05) is 28.1 Å². The van der Waals surface area contributed by atoms with Crippen LogP contribution in [0.3, 0.4) is 0 Å². The molecule has 0 saturated heterocycles. The molecule has 2 aromatic heterocycles. The fourth-order valence-corrected chi connectivity index (χ4v) is 3.02. The largest absolute Gasteiger partial charge is 0.298 e. The monoisotopic (exact) mass is 337 g/mol. The van der Waals surface area contributed by atoms with Crippen molar-refractivity contribution in [1.29, 1.82) is 0 Å². The van der Waals surface area contributed by atoms with Gasteiger partial charge in [-0.3, -0.25) is 9.55 Å². The normalized spacial score (nSPS) is 11.3. The fraction of sp³-hybridized carbons (Fsp3) is 0.0588. The number of fused-ring (bicyclic) bond motifs is 2. The summed E-state index contributed by atoms with van der Waals surface area (Å²) in [5.74, 6) is 0. The molecule has 21 heavy (non-hydrogen) atoms. The van der Waals surface area contributed by atoms with Crippen molar-refractivity contribution >= 4 is 37.9 Å². The van der Waals surface area contributed by atoms with Crippen LogP contribution in [-0.4, -0.2) is 14.5 Å². The lowest BCUT2D eigenvalue weighted by atomic mass is 10.1. The highest BCUT2D eigenvalue weighted by Gasteiger charge is 2.10. The van der Waals surface area contributed by atoms with Gasteiger partial charge >= 0.3 is 0 Å². The van der Waals surface area contributed by atoms with Crippen LogP contribution in [0, 0.1) is 6.92 Å². The molecule has 0 bridgehead atoms. The number of hydrogen-bond acceptors (Lipinski definition) is 2. The second-order valence-electron chi connectivity index (χ2n) is 5.05. The predicted molar refractivity (Wildman–Crippen MR) is 88.8 cm³/mol. The maximum absolute atomic E-state index is 4.61. The first kappa shape index (κ1) is 12.5. The van der Waals surface area contributed by atoms with Gasteiger partial charge in [-0.25, -0.2) is 4.98 Å². The Labute approximate surface area is 130 Å². The number of halogens is 1. The Bertz CT molecular complexity index is 972. The Morgan fingerprint density at radius 1 is 1.00 bits per heavy atom. The Hall–Kier alpha value is -2.20. The first-order chi connectivity index (χ1) is 10.2. The molecule has 4 aromatic rings. The standard InChI is InChI=1S/C17H12BrN3/c1-11-8-17(13-9-12(18)6-7-14(13)20-11)21-10-19-15-4-2-3-5-16(15)21/h2-10H,1H3. The van der Waals surface area contributed by atoms with Crippen molar-refractivity contribution < 1.29 is 0 Å². The van der Waals surface area contributed by atoms with Gasteiger partial charge in [0.05, 0.1) is 22.2 Å². The van der Waals surface area contributed by atoms with Crippen molar-refractivity contribution in [2.75, 3.05) is 0 Å². The summed E-state index contributed by atoms with van der Waals surface area (Å²) in [5, 5.41) is 1.11. The van der Waals surface area contributed by atoms with Crippen molar-refractivity contribution in [2.24, 2.45) is 0 Å². The van der Waals surface area contributed by atoms with Crippen molar-refractivity contribution in [3.05, 3.63) is 65.0 Å². The minimum atomic E-state index is 0.992. The summed E-state index contributed by atoms with van der Waals surface area (Å²) in [6.07, 6.45) is 1.87. The molecule has 2 aromatic carbocycles. The third-order valence-corrected chi connectivity index (χ3v) is 4.08. The molecule has 0 atom stereocenters. The number of pyridine rings is 1. The Balaban J connectivity index is 2.12. The molecule has 0 saturated carbocycles. The molecule has 2 heterocycles. The molecule has 0 radical (unpaired) electrons. The van der Waals surface area contributed by atoms with E-state index in [1.807, 2.05) is 43.6 Å². The van der Waals surface area contributed by atoms with Gasteiger partial charge in [0, 0.05) is 15.6 Å².